The molecule has 0 aliphatic carbocycles. The van der Waals surface area contributed by atoms with Crippen LogP contribution in [0.2, 0.25) is 0 Å². The largest absolute Gasteiger partial charge is 0.494 e. The first-order chi connectivity index (χ1) is 20.0. The van der Waals surface area contributed by atoms with Gasteiger partial charge in [0.25, 0.3) is 0 Å². The summed E-state index contributed by atoms with van der Waals surface area (Å²) >= 11 is 0. The number of hydrogen-bond acceptors (Lipinski definition) is 8. The van der Waals surface area contributed by atoms with Gasteiger partial charge in [0.05, 0.1) is 25.3 Å². The molecule has 0 aromatic carbocycles. The molecule has 2 aromatic heterocycles. The Morgan fingerprint density at radius 1 is 1.17 bits per heavy atom. The SMILES string of the molecule is COc1cc(/C(C=NC2CCN(C(=O)C3CN(C(=O)/C=C/CN4CCCCC4)C3)CC2)=C/N)cn2ncc(C#N)c12. The Kier molecular flexibility index (Phi) is 8.99. The zero-order chi connectivity index (χ0) is 28.8. The van der Waals surface area contributed by atoms with Crippen LogP contribution in [-0.4, -0.2) is 101 Å². The Morgan fingerprint density at radius 2 is 1.93 bits per heavy atom. The van der Waals surface area contributed by atoms with E-state index in [1.54, 1.807) is 35.0 Å². The highest BCUT2D eigenvalue weighted by Crippen LogP contribution is 2.27. The standard InChI is InChI=1S/C30H38N8O3/c1-41-27-14-22(21-38-29(27)24(16-32)18-34-38)23(15-31)17-33-26-7-12-36(13-8-26)30(40)25-19-37(20-25)28(39)6-5-11-35-9-3-2-4-10-35/h5-6,14-15,17-18,21,25-26H,2-4,7-13,19-20,31H2,1H3/b6-5+,23-15+,33-17?. The summed E-state index contributed by atoms with van der Waals surface area (Å²) in [6, 6.07) is 4.03. The Morgan fingerprint density at radius 3 is 2.61 bits per heavy atom. The Bertz CT molecular complexity index is 1380. The lowest BCUT2D eigenvalue weighted by Crippen LogP contribution is -2.57. The van der Waals surface area contributed by atoms with E-state index in [2.05, 4.69) is 16.1 Å². The third-order valence-corrected chi connectivity index (χ3v) is 8.25. The zero-order valence-corrected chi connectivity index (χ0v) is 23.6. The van der Waals surface area contributed by atoms with Crippen molar-refractivity contribution in [2.24, 2.45) is 16.6 Å². The first-order valence-corrected chi connectivity index (χ1v) is 14.4. The van der Waals surface area contributed by atoms with Gasteiger partial charge in [-0.05, 0) is 44.8 Å². The van der Waals surface area contributed by atoms with Crippen LogP contribution in [0.5, 0.6) is 5.75 Å². The van der Waals surface area contributed by atoms with E-state index in [-0.39, 0.29) is 23.8 Å². The Hall–Kier alpha value is -4.17. The molecule has 0 saturated carbocycles. The number of aliphatic imine (C=N–C) groups is 1. The van der Waals surface area contributed by atoms with Crippen molar-refractivity contribution < 1.29 is 14.3 Å². The maximum absolute atomic E-state index is 13.0. The average Bonchev–Trinajstić information content (AvgIpc) is 3.40. The van der Waals surface area contributed by atoms with Crippen LogP contribution in [0.25, 0.3) is 11.1 Å². The molecule has 3 fully saturated rings. The van der Waals surface area contributed by atoms with Gasteiger partial charge in [0.1, 0.15) is 22.9 Å². The number of pyridine rings is 1. The number of amides is 2. The van der Waals surface area contributed by atoms with E-state index in [9.17, 15) is 14.9 Å². The van der Waals surface area contributed by atoms with E-state index in [1.165, 1.54) is 31.7 Å². The van der Waals surface area contributed by atoms with Crippen molar-refractivity contribution in [2.45, 2.75) is 38.1 Å². The van der Waals surface area contributed by atoms with Crippen molar-refractivity contribution in [3.8, 4) is 11.8 Å². The van der Waals surface area contributed by atoms with Gasteiger partial charge >= 0.3 is 0 Å². The number of ether oxygens (including phenoxy) is 1. The number of carbonyl (C=O) groups is 2. The summed E-state index contributed by atoms with van der Waals surface area (Å²) in [5.41, 5.74) is 8.45. The smallest absolute Gasteiger partial charge is 0.246 e. The fraction of sp³-hybridized carbons (Fsp3) is 0.500. The van der Waals surface area contributed by atoms with Gasteiger partial charge in [-0.15, -0.1) is 0 Å². The number of nitrogens with two attached hydrogens (primary N) is 1. The number of methoxy groups -OCH3 is 1. The van der Waals surface area contributed by atoms with Crippen molar-refractivity contribution in [2.75, 3.05) is 52.9 Å². The highest BCUT2D eigenvalue weighted by atomic mass is 16.5. The lowest BCUT2D eigenvalue weighted by molar-refractivity contribution is -0.146. The first kappa shape index (κ1) is 28.4. The van der Waals surface area contributed by atoms with E-state index in [0.29, 0.717) is 48.6 Å². The quantitative estimate of drug-likeness (QED) is 0.387. The van der Waals surface area contributed by atoms with Crippen molar-refractivity contribution in [1.29, 1.82) is 5.26 Å². The molecule has 41 heavy (non-hydrogen) atoms. The van der Waals surface area contributed by atoms with E-state index in [0.717, 1.165) is 38.0 Å². The molecule has 0 bridgehead atoms. The fourth-order valence-electron chi connectivity index (χ4n) is 5.74. The van der Waals surface area contributed by atoms with Crippen molar-refractivity contribution in [3.05, 3.63) is 47.9 Å². The predicted molar refractivity (Wildman–Crippen MR) is 156 cm³/mol. The minimum atomic E-state index is -0.116. The molecular formula is C30H38N8O3. The summed E-state index contributed by atoms with van der Waals surface area (Å²) in [6.07, 6.45) is 15.5. The maximum atomic E-state index is 13.0. The normalized spacial score (nSPS) is 19.7. The first-order valence-electron chi connectivity index (χ1n) is 14.4. The third-order valence-electron chi connectivity index (χ3n) is 8.25. The van der Waals surface area contributed by atoms with E-state index < -0.39 is 0 Å². The Labute approximate surface area is 240 Å². The van der Waals surface area contributed by atoms with Crippen molar-refractivity contribution in [1.82, 2.24) is 24.3 Å². The molecule has 2 N–H and O–H groups in total. The van der Waals surface area contributed by atoms with Gasteiger partial charge in [-0.1, -0.05) is 12.5 Å². The van der Waals surface area contributed by atoms with Crippen LogP contribution in [0, 0.1) is 17.2 Å². The number of piperidine rings is 2. The summed E-state index contributed by atoms with van der Waals surface area (Å²) in [5.74, 6) is 0.543. The van der Waals surface area contributed by atoms with Gasteiger partial charge in [-0.3, -0.25) is 19.5 Å². The van der Waals surface area contributed by atoms with Crippen LogP contribution >= 0.6 is 0 Å². The van der Waals surface area contributed by atoms with Gasteiger partial charge in [0, 0.05) is 68.5 Å². The summed E-state index contributed by atoms with van der Waals surface area (Å²) in [4.78, 5) is 36.3. The van der Waals surface area contributed by atoms with Crippen LogP contribution in [0.4, 0.5) is 0 Å². The average molecular weight is 559 g/mol. The predicted octanol–water partition coefficient (Wildman–Crippen LogP) is 2.08. The number of rotatable bonds is 8. The number of nitriles is 1. The number of nitrogens with zero attached hydrogens (tertiary/aromatic N) is 7. The van der Waals surface area contributed by atoms with Gasteiger partial charge in [0.2, 0.25) is 11.8 Å². The number of aromatic nitrogens is 2. The topological polar surface area (TPSA) is 133 Å². The highest BCUT2D eigenvalue weighted by molar-refractivity contribution is 6.10. The molecule has 0 radical (unpaired) electrons. The molecule has 3 saturated heterocycles. The lowest BCUT2D eigenvalue weighted by Gasteiger charge is -2.41. The second-order valence-electron chi connectivity index (χ2n) is 10.9. The zero-order valence-electron chi connectivity index (χ0n) is 23.6. The number of allylic oxidation sites excluding steroid dienone is 1. The van der Waals surface area contributed by atoms with Crippen LogP contribution in [-0.2, 0) is 9.59 Å². The molecule has 3 aliphatic heterocycles. The monoisotopic (exact) mass is 558 g/mol. The van der Waals surface area contributed by atoms with Gasteiger partial charge in [0.15, 0.2) is 0 Å². The van der Waals surface area contributed by atoms with Crippen LogP contribution in [0.3, 0.4) is 0 Å². The molecule has 2 amide bonds. The molecule has 3 aliphatic rings. The van der Waals surface area contributed by atoms with Crippen molar-refractivity contribution >= 4 is 29.1 Å². The number of carbonyl (C=O) groups excluding carboxylic acids is 2. The number of fused-ring (bicyclic) bond motifs is 1. The molecule has 2 aromatic rings. The molecule has 216 valence electrons. The van der Waals surface area contributed by atoms with Crippen LogP contribution in [0.15, 0.2) is 41.8 Å². The Balaban J connectivity index is 1.08. The molecule has 11 nitrogen and oxygen atoms in total. The summed E-state index contributed by atoms with van der Waals surface area (Å²) in [5, 5.41) is 13.6. The fourth-order valence-corrected chi connectivity index (χ4v) is 5.74. The lowest BCUT2D eigenvalue weighted by atomic mass is 9.96. The van der Waals surface area contributed by atoms with E-state index in [1.807, 2.05) is 17.0 Å². The van der Waals surface area contributed by atoms with Gasteiger partial charge < -0.3 is 20.3 Å². The highest BCUT2D eigenvalue weighted by Gasteiger charge is 2.38. The maximum Gasteiger partial charge on any atom is 0.246 e. The summed E-state index contributed by atoms with van der Waals surface area (Å²) in [6.45, 7) is 5.31. The van der Waals surface area contributed by atoms with E-state index in [4.69, 9.17) is 15.5 Å². The number of likely N-dealkylation sites (tertiary alicyclic amines) is 3. The molecular weight excluding hydrogens is 520 g/mol. The van der Waals surface area contributed by atoms with Crippen molar-refractivity contribution in [3.63, 3.8) is 0 Å². The second kappa shape index (κ2) is 13.0. The molecule has 0 unspecified atom stereocenters. The molecule has 11 heteroatoms. The molecule has 5 rings (SSSR count). The summed E-state index contributed by atoms with van der Waals surface area (Å²) < 4.78 is 7.10. The molecule has 0 spiro atoms. The summed E-state index contributed by atoms with van der Waals surface area (Å²) in [7, 11) is 1.55. The molecule has 5 heterocycles. The van der Waals surface area contributed by atoms with Crippen LogP contribution < -0.4 is 10.5 Å². The van der Waals surface area contributed by atoms with Gasteiger partial charge in [-0.2, -0.15) is 10.4 Å². The molecule has 0 atom stereocenters. The van der Waals surface area contributed by atoms with E-state index >= 15 is 0 Å². The minimum Gasteiger partial charge on any atom is -0.494 e. The third kappa shape index (κ3) is 6.43. The second-order valence-corrected chi connectivity index (χ2v) is 10.9. The van der Waals surface area contributed by atoms with Gasteiger partial charge in [-0.25, -0.2) is 4.52 Å². The minimum absolute atomic E-state index is 0.00213. The van der Waals surface area contributed by atoms with Crippen LogP contribution in [0.1, 0.15) is 43.2 Å². The number of hydrogen-bond donors (Lipinski definition) is 1.